The molecule has 0 unspecified atom stereocenters. The van der Waals surface area contributed by atoms with E-state index >= 15 is 0 Å². The zero-order valence-corrected chi connectivity index (χ0v) is 16.8. The van der Waals surface area contributed by atoms with Crippen LogP contribution < -0.4 is 4.90 Å². The molecule has 1 N–H and O–H groups in total. The highest BCUT2D eigenvalue weighted by Crippen LogP contribution is 2.25. The lowest BCUT2D eigenvalue weighted by atomic mass is 10.1. The molecule has 0 bridgehead atoms. The Kier molecular flexibility index (Phi) is 5.09. The van der Waals surface area contributed by atoms with Gasteiger partial charge < -0.3 is 19.5 Å². The molecule has 2 heterocycles. The number of rotatable bonds is 4. The number of para-hydroxylation sites is 1. The maximum absolute atomic E-state index is 13.1. The zero-order valence-electron chi connectivity index (χ0n) is 16.8. The van der Waals surface area contributed by atoms with Crippen molar-refractivity contribution in [1.82, 2.24) is 9.88 Å². The number of hydrogen-bond acceptors (Lipinski definition) is 3. The fraction of sp³-hybridized carbons (Fsp3) is 0.348. The van der Waals surface area contributed by atoms with E-state index in [9.17, 15) is 4.79 Å². The molecule has 0 aliphatic carbocycles. The van der Waals surface area contributed by atoms with Gasteiger partial charge >= 0.3 is 0 Å². The Balaban J connectivity index is 1.56. The van der Waals surface area contributed by atoms with Gasteiger partial charge in [0.2, 0.25) is 0 Å². The molecular weight excluding hydrogens is 350 g/mol. The van der Waals surface area contributed by atoms with E-state index in [4.69, 9.17) is 4.74 Å². The zero-order chi connectivity index (χ0) is 19.7. The number of morpholine rings is 1. The van der Waals surface area contributed by atoms with Crippen molar-refractivity contribution in [3.05, 3.63) is 64.8 Å². The molecule has 2 aromatic carbocycles. The number of ether oxygens (including phenoxy) is 1. The smallest absolute Gasteiger partial charge is 0.253 e. The van der Waals surface area contributed by atoms with Gasteiger partial charge in [0.1, 0.15) is 0 Å². The third-order valence-corrected chi connectivity index (χ3v) is 5.65. The van der Waals surface area contributed by atoms with Crippen LogP contribution in [-0.2, 0) is 11.3 Å². The largest absolute Gasteiger partial charge is 0.378 e. The number of amides is 1. The number of fused-ring (bicyclic) bond motifs is 1. The summed E-state index contributed by atoms with van der Waals surface area (Å²) in [4.78, 5) is 20.6. The van der Waals surface area contributed by atoms with E-state index in [0.29, 0.717) is 6.54 Å². The van der Waals surface area contributed by atoms with Gasteiger partial charge in [0, 0.05) is 54.5 Å². The Labute approximate surface area is 165 Å². The van der Waals surface area contributed by atoms with E-state index in [2.05, 4.69) is 41.9 Å². The SMILES string of the molecule is Cc1[nH]c2ccc(C(=O)N(C)Cc3ccccc3N3CCOCC3)cc2c1C. The summed E-state index contributed by atoms with van der Waals surface area (Å²) in [6.07, 6.45) is 0. The average molecular weight is 377 g/mol. The molecular formula is C23H27N3O2. The fourth-order valence-corrected chi connectivity index (χ4v) is 3.90. The first kappa shape index (κ1) is 18.6. The third kappa shape index (κ3) is 3.50. The maximum atomic E-state index is 13.1. The normalized spacial score (nSPS) is 14.5. The van der Waals surface area contributed by atoms with Crippen molar-refractivity contribution in [3.8, 4) is 0 Å². The van der Waals surface area contributed by atoms with Gasteiger partial charge in [-0.3, -0.25) is 4.79 Å². The van der Waals surface area contributed by atoms with Crippen molar-refractivity contribution in [1.29, 1.82) is 0 Å². The van der Waals surface area contributed by atoms with Crippen LogP contribution in [0, 0.1) is 13.8 Å². The van der Waals surface area contributed by atoms with Crippen molar-refractivity contribution in [3.63, 3.8) is 0 Å². The third-order valence-electron chi connectivity index (χ3n) is 5.65. The first-order chi connectivity index (χ1) is 13.5. The van der Waals surface area contributed by atoms with Gasteiger partial charge in [-0.2, -0.15) is 0 Å². The lowest BCUT2D eigenvalue weighted by Gasteiger charge is -2.31. The quantitative estimate of drug-likeness (QED) is 0.750. The van der Waals surface area contributed by atoms with Crippen LogP contribution in [0.2, 0.25) is 0 Å². The summed E-state index contributed by atoms with van der Waals surface area (Å²) in [7, 11) is 1.87. The van der Waals surface area contributed by atoms with Crippen LogP contribution >= 0.6 is 0 Å². The molecule has 28 heavy (non-hydrogen) atoms. The molecule has 4 rings (SSSR count). The molecule has 0 saturated carbocycles. The molecule has 0 radical (unpaired) electrons. The number of carbonyl (C=O) groups excluding carboxylic acids is 1. The van der Waals surface area contributed by atoms with Crippen LogP contribution in [0.1, 0.15) is 27.2 Å². The van der Waals surface area contributed by atoms with Crippen molar-refractivity contribution in [2.75, 3.05) is 38.3 Å². The molecule has 0 atom stereocenters. The fourth-order valence-electron chi connectivity index (χ4n) is 3.90. The number of aromatic nitrogens is 1. The van der Waals surface area contributed by atoms with Crippen molar-refractivity contribution in [2.24, 2.45) is 0 Å². The lowest BCUT2D eigenvalue weighted by molar-refractivity contribution is 0.0785. The van der Waals surface area contributed by atoms with Crippen LogP contribution in [0.4, 0.5) is 5.69 Å². The number of aryl methyl sites for hydroxylation is 2. The number of carbonyl (C=O) groups is 1. The molecule has 1 fully saturated rings. The molecule has 3 aromatic rings. The second-order valence-electron chi connectivity index (χ2n) is 7.52. The predicted octanol–water partition coefficient (Wildman–Crippen LogP) is 3.89. The highest BCUT2D eigenvalue weighted by molar-refractivity contribution is 5.99. The van der Waals surface area contributed by atoms with Gasteiger partial charge in [-0.15, -0.1) is 0 Å². The van der Waals surface area contributed by atoms with Crippen molar-refractivity contribution < 1.29 is 9.53 Å². The second kappa shape index (κ2) is 7.68. The number of benzene rings is 2. The van der Waals surface area contributed by atoms with Crippen LogP contribution in [0.25, 0.3) is 10.9 Å². The van der Waals surface area contributed by atoms with E-state index < -0.39 is 0 Å². The molecule has 1 saturated heterocycles. The molecule has 5 heteroatoms. The van der Waals surface area contributed by atoms with Crippen LogP contribution in [0.5, 0.6) is 0 Å². The number of nitrogens with one attached hydrogen (secondary N) is 1. The van der Waals surface area contributed by atoms with Crippen molar-refractivity contribution >= 4 is 22.5 Å². The Bertz CT molecular complexity index is 1000. The summed E-state index contributed by atoms with van der Waals surface area (Å²) in [6.45, 7) is 8.00. The Morgan fingerprint density at radius 1 is 1.14 bits per heavy atom. The molecule has 0 spiro atoms. The van der Waals surface area contributed by atoms with Crippen LogP contribution in [0.15, 0.2) is 42.5 Å². The van der Waals surface area contributed by atoms with E-state index in [-0.39, 0.29) is 5.91 Å². The minimum atomic E-state index is 0.0388. The van der Waals surface area contributed by atoms with Crippen molar-refractivity contribution in [2.45, 2.75) is 20.4 Å². The van der Waals surface area contributed by atoms with E-state index in [1.165, 1.54) is 11.3 Å². The summed E-state index contributed by atoms with van der Waals surface area (Å²) < 4.78 is 5.48. The predicted molar refractivity (Wildman–Crippen MR) is 113 cm³/mol. The van der Waals surface area contributed by atoms with Gasteiger partial charge in [0.05, 0.1) is 13.2 Å². The molecule has 146 valence electrons. The average Bonchev–Trinajstić information content (AvgIpc) is 3.01. The van der Waals surface area contributed by atoms with Gasteiger partial charge in [-0.1, -0.05) is 18.2 Å². The van der Waals surface area contributed by atoms with Gasteiger partial charge in [-0.05, 0) is 49.2 Å². The molecule has 1 aliphatic heterocycles. The first-order valence-electron chi connectivity index (χ1n) is 9.79. The summed E-state index contributed by atoms with van der Waals surface area (Å²) in [5.74, 6) is 0.0388. The number of aromatic amines is 1. The maximum Gasteiger partial charge on any atom is 0.253 e. The van der Waals surface area contributed by atoms with E-state index in [1.807, 2.05) is 31.3 Å². The second-order valence-corrected chi connectivity index (χ2v) is 7.52. The minimum absolute atomic E-state index is 0.0388. The molecule has 1 aromatic heterocycles. The van der Waals surface area contributed by atoms with E-state index in [1.54, 1.807) is 4.90 Å². The highest BCUT2D eigenvalue weighted by Gasteiger charge is 2.18. The number of H-pyrrole nitrogens is 1. The van der Waals surface area contributed by atoms with Gasteiger partial charge in [0.25, 0.3) is 5.91 Å². The Hall–Kier alpha value is -2.79. The molecule has 1 amide bonds. The molecule has 5 nitrogen and oxygen atoms in total. The highest BCUT2D eigenvalue weighted by atomic mass is 16.5. The Morgan fingerprint density at radius 3 is 2.68 bits per heavy atom. The topological polar surface area (TPSA) is 48.6 Å². The van der Waals surface area contributed by atoms with Crippen LogP contribution in [0.3, 0.4) is 0 Å². The number of anilines is 1. The minimum Gasteiger partial charge on any atom is -0.378 e. The summed E-state index contributed by atoms with van der Waals surface area (Å²) in [5.41, 5.74) is 6.50. The summed E-state index contributed by atoms with van der Waals surface area (Å²) >= 11 is 0. The van der Waals surface area contributed by atoms with Crippen LogP contribution in [-0.4, -0.2) is 49.1 Å². The number of nitrogens with zero attached hydrogens (tertiary/aromatic N) is 2. The number of hydrogen-bond donors (Lipinski definition) is 1. The van der Waals surface area contributed by atoms with Gasteiger partial charge in [-0.25, -0.2) is 0 Å². The first-order valence-corrected chi connectivity index (χ1v) is 9.79. The summed E-state index contributed by atoms with van der Waals surface area (Å²) in [6, 6.07) is 14.2. The standard InChI is InChI=1S/C23H27N3O2/c1-16-17(2)24-21-9-8-18(14-20(16)21)23(27)25(3)15-19-6-4-5-7-22(19)26-10-12-28-13-11-26/h4-9,14,24H,10-13,15H2,1-3H3. The Morgan fingerprint density at radius 2 is 1.89 bits per heavy atom. The summed E-state index contributed by atoms with van der Waals surface area (Å²) in [5, 5.41) is 1.12. The lowest BCUT2D eigenvalue weighted by Crippen LogP contribution is -2.37. The van der Waals surface area contributed by atoms with Gasteiger partial charge in [0.15, 0.2) is 0 Å². The monoisotopic (exact) mass is 377 g/mol. The van der Waals surface area contributed by atoms with E-state index in [0.717, 1.165) is 54.0 Å². The molecule has 1 aliphatic rings.